The van der Waals surface area contributed by atoms with Crippen LogP contribution in [0.1, 0.15) is 22.3 Å². The first-order chi connectivity index (χ1) is 17.4. The molecule has 0 aliphatic rings. The highest BCUT2D eigenvalue weighted by molar-refractivity contribution is 9.10. The summed E-state index contributed by atoms with van der Waals surface area (Å²) in [6.45, 7) is 4.25. The number of carbonyl (C=O) groups excluding carboxylic acids is 1. The maximum Gasteiger partial charge on any atom is 0.266 e. The van der Waals surface area contributed by atoms with Gasteiger partial charge in [-0.2, -0.15) is 5.26 Å². The Morgan fingerprint density at radius 3 is 2.58 bits per heavy atom. The van der Waals surface area contributed by atoms with E-state index in [1.165, 1.54) is 6.08 Å². The first-order valence-corrected chi connectivity index (χ1v) is 12.2. The van der Waals surface area contributed by atoms with Gasteiger partial charge in [0.05, 0.1) is 11.6 Å². The normalized spacial score (nSPS) is 11.1. The summed E-state index contributed by atoms with van der Waals surface area (Å²) in [6, 6.07) is 25.5. The maximum atomic E-state index is 12.8. The van der Waals surface area contributed by atoms with Crippen LogP contribution in [0.25, 0.3) is 16.8 Å². The molecule has 0 saturated heterocycles. The lowest BCUT2D eigenvalue weighted by Crippen LogP contribution is -2.14. The molecular weight excluding hydrogens is 516 g/mol. The first-order valence-electron chi connectivity index (χ1n) is 11.4. The highest BCUT2D eigenvalue weighted by Gasteiger charge is 2.15. The van der Waals surface area contributed by atoms with Gasteiger partial charge in [0.2, 0.25) is 0 Å². The quantitative estimate of drug-likeness (QED) is 0.196. The molecule has 1 N–H and O–H groups in total. The van der Waals surface area contributed by atoms with Gasteiger partial charge in [-0.3, -0.25) is 4.79 Å². The highest BCUT2D eigenvalue weighted by atomic mass is 79.9. The number of rotatable bonds is 7. The lowest BCUT2D eigenvalue weighted by molar-refractivity contribution is -0.112. The molecule has 0 bridgehead atoms. The Hall–Kier alpha value is -4.08. The van der Waals surface area contributed by atoms with E-state index in [1.54, 1.807) is 19.2 Å². The fourth-order valence-electron chi connectivity index (χ4n) is 3.99. The van der Waals surface area contributed by atoms with E-state index >= 15 is 0 Å². The summed E-state index contributed by atoms with van der Waals surface area (Å²) in [5.41, 5.74) is 4.36. The third kappa shape index (κ3) is 5.59. The number of anilines is 1. The van der Waals surface area contributed by atoms with Gasteiger partial charge < -0.3 is 14.8 Å². The topological polar surface area (TPSA) is 71.3 Å². The van der Waals surface area contributed by atoms with Crippen molar-refractivity contribution in [1.29, 1.82) is 5.26 Å². The lowest BCUT2D eigenvalue weighted by atomic mass is 10.1. The Labute approximate surface area is 219 Å². The summed E-state index contributed by atoms with van der Waals surface area (Å²) in [5.74, 6) is 0.555. The van der Waals surface area contributed by atoms with Crippen molar-refractivity contribution in [2.24, 2.45) is 0 Å². The average Bonchev–Trinajstić information content (AvgIpc) is 2.87. The number of methoxy groups -OCH3 is 1. The van der Waals surface area contributed by atoms with E-state index in [0.29, 0.717) is 33.8 Å². The number of aryl methyl sites for hydroxylation is 2. The van der Waals surface area contributed by atoms with E-state index in [2.05, 4.69) is 39.4 Å². The monoisotopic (exact) mass is 540 g/mol. The van der Waals surface area contributed by atoms with E-state index in [0.717, 1.165) is 27.5 Å². The number of nitriles is 1. The van der Waals surface area contributed by atoms with E-state index < -0.39 is 5.91 Å². The Morgan fingerprint density at radius 2 is 1.83 bits per heavy atom. The zero-order chi connectivity index (χ0) is 25.7. The predicted octanol–water partition coefficient (Wildman–Crippen LogP) is 7.35. The van der Waals surface area contributed by atoms with E-state index in [-0.39, 0.29) is 5.57 Å². The molecule has 4 rings (SSSR count). The zero-order valence-electron chi connectivity index (χ0n) is 20.3. The molecule has 4 aromatic carbocycles. The van der Waals surface area contributed by atoms with Crippen LogP contribution in [0.3, 0.4) is 0 Å². The highest BCUT2D eigenvalue weighted by Crippen LogP contribution is 2.38. The average molecular weight is 541 g/mol. The van der Waals surface area contributed by atoms with E-state index in [4.69, 9.17) is 9.47 Å². The molecule has 0 aromatic heterocycles. The van der Waals surface area contributed by atoms with Crippen LogP contribution in [-0.2, 0) is 11.4 Å². The van der Waals surface area contributed by atoms with Gasteiger partial charge in [0.15, 0.2) is 11.5 Å². The molecule has 36 heavy (non-hydrogen) atoms. The lowest BCUT2D eigenvalue weighted by Gasteiger charge is -2.15. The molecule has 0 atom stereocenters. The van der Waals surface area contributed by atoms with Crippen LogP contribution in [0.15, 0.2) is 82.8 Å². The van der Waals surface area contributed by atoms with Crippen molar-refractivity contribution in [1.82, 2.24) is 0 Å². The second-order valence-corrected chi connectivity index (χ2v) is 9.26. The summed E-state index contributed by atoms with van der Waals surface area (Å²) in [4.78, 5) is 12.8. The van der Waals surface area contributed by atoms with Gasteiger partial charge in [-0.25, -0.2) is 0 Å². The number of nitrogens with zero attached hydrogens (tertiary/aromatic N) is 1. The second-order valence-electron chi connectivity index (χ2n) is 8.40. The molecule has 0 saturated carbocycles. The van der Waals surface area contributed by atoms with Gasteiger partial charge in [-0.1, -0.05) is 60.2 Å². The van der Waals surface area contributed by atoms with Gasteiger partial charge >= 0.3 is 0 Å². The summed E-state index contributed by atoms with van der Waals surface area (Å²) in [7, 11) is 1.55. The van der Waals surface area contributed by atoms with Crippen LogP contribution in [0, 0.1) is 25.2 Å². The van der Waals surface area contributed by atoms with Gasteiger partial charge in [-0.15, -0.1) is 0 Å². The second kappa shape index (κ2) is 11.1. The number of ether oxygens (including phenoxy) is 2. The van der Waals surface area contributed by atoms with Crippen molar-refractivity contribution in [3.05, 3.63) is 105 Å². The van der Waals surface area contributed by atoms with Gasteiger partial charge in [-0.05, 0) is 81.5 Å². The summed E-state index contributed by atoms with van der Waals surface area (Å²) < 4.78 is 12.4. The largest absolute Gasteiger partial charge is 0.493 e. The molecule has 5 nitrogen and oxygen atoms in total. The molecular formula is C30H25BrN2O3. The third-order valence-electron chi connectivity index (χ3n) is 5.81. The zero-order valence-corrected chi connectivity index (χ0v) is 21.8. The van der Waals surface area contributed by atoms with Crippen molar-refractivity contribution < 1.29 is 14.3 Å². The number of hydrogen-bond acceptors (Lipinski definition) is 4. The van der Waals surface area contributed by atoms with Crippen LogP contribution in [0.2, 0.25) is 0 Å². The minimum atomic E-state index is -0.476. The fraction of sp³-hybridized carbons (Fsp3) is 0.133. The third-order valence-corrected chi connectivity index (χ3v) is 6.40. The summed E-state index contributed by atoms with van der Waals surface area (Å²) in [6.07, 6.45) is 1.53. The minimum absolute atomic E-state index is 0.0200. The molecule has 1 amide bonds. The number of fused-ring (bicyclic) bond motifs is 1. The molecule has 0 heterocycles. The van der Waals surface area contributed by atoms with E-state index in [9.17, 15) is 10.1 Å². The van der Waals surface area contributed by atoms with Crippen LogP contribution >= 0.6 is 15.9 Å². The summed E-state index contributed by atoms with van der Waals surface area (Å²) >= 11 is 3.56. The van der Waals surface area contributed by atoms with Crippen LogP contribution in [0.4, 0.5) is 5.69 Å². The maximum absolute atomic E-state index is 12.8. The molecule has 4 aromatic rings. The first kappa shape index (κ1) is 25.0. The number of carbonyl (C=O) groups is 1. The molecule has 0 unspecified atom stereocenters. The Balaban J connectivity index is 1.57. The van der Waals surface area contributed by atoms with Crippen LogP contribution in [0.5, 0.6) is 11.5 Å². The number of nitrogens with one attached hydrogen (secondary N) is 1. The van der Waals surface area contributed by atoms with Crippen molar-refractivity contribution in [3.63, 3.8) is 0 Å². The van der Waals surface area contributed by atoms with Gasteiger partial charge in [0.1, 0.15) is 18.2 Å². The number of amides is 1. The van der Waals surface area contributed by atoms with Crippen molar-refractivity contribution in [3.8, 4) is 17.6 Å². The minimum Gasteiger partial charge on any atom is -0.493 e. The predicted molar refractivity (Wildman–Crippen MR) is 147 cm³/mol. The molecule has 180 valence electrons. The van der Waals surface area contributed by atoms with Crippen molar-refractivity contribution in [2.75, 3.05) is 12.4 Å². The van der Waals surface area contributed by atoms with Crippen molar-refractivity contribution >= 4 is 44.4 Å². The van der Waals surface area contributed by atoms with Gasteiger partial charge in [0.25, 0.3) is 5.91 Å². The molecule has 0 aliphatic heterocycles. The van der Waals surface area contributed by atoms with Crippen molar-refractivity contribution in [2.45, 2.75) is 20.5 Å². The molecule has 6 heteroatoms. The van der Waals surface area contributed by atoms with Crippen LogP contribution < -0.4 is 14.8 Å². The Morgan fingerprint density at radius 1 is 1.06 bits per heavy atom. The smallest absolute Gasteiger partial charge is 0.266 e. The van der Waals surface area contributed by atoms with E-state index in [1.807, 2.05) is 62.4 Å². The van der Waals surface area contributed by atoms with Gasteiger partial charge in [0, 0.05) is 5.69 Å². The SMILES string of the molecule is COc1cc(/C=C(\C#N)C(=O)Nc2ccc(C)cc2C)cc(Br)c1OCc1cccc2ccccc12. The molecule has 0 fully saturated rings. The standard InChI is InChI=1S/C30H25BrN2O3/c1-19-11-12-27(20(2)13-19)33-30(34)24(17-32)14-21-15-26(31)29(28(16-21)35-3)36-18-23-9-6-8-22-7-4-5-10-25(22)23/h4-16H,18H2,1-3H3,(H,33,34)/b24-14+. The van der Waals surface area contributed by atoms with Crippen LogP contribution in [-0.4, -0.2) is 13.0 Å². The Kier molecular flexibility index (Phi) is 7.72. The number of benzene rings is 4. The molecule has 0 radical (unpaired) electrons. The summed E-state index contributed by atoms with van der Waals surface area (Å²) in [5, 5.41) is 14.7. The molecule has 0 aliphatic carbocycles. The number of halogens is 1. The molecule has 0 spiro atoms. The number of hydrogen-bond donors (Lipinski definition) is 1. The Bertz CT molecular complexity index is 1510. The fourth-order valence-corrected chi connectivity index (χ4v) is 4.56.